The summed E-state index contributed by atoms with van der Waals surface area (Å²) in [6.45, 7) is 1.98. The molecule has 0 bridgehead atoms. The van der Waals surface area contributed by atoms with Gasteiger partial charge in [-0.25, -0.2) is 0 Å². The largest absolute Gasteiger partial charge is 0.480 e. The van der Waals surface area contributed by atoms with E-state index in [0.29, 0.717) is 0 Å². The van der Waals surface area contributed by atoms with Gasteiger partial charge in [0, 0.05) is 22.0 Å². The van der Waals surface area contributed by atoms with Crippen molar-refractivity contribution >= 4 is 29.1 Å². The predicted molar refractivity (Wildman–Crippen MR) is 77.7 cm³/mol. The minimum atomic E-state index is -4.58. The van der Waals surface area contributed by atoms with E-state index < -0.39 is 17.7 Å². The van der Waals surface area contributed by atoms with Gasteiger partial charge in [0.25, 0.3) is 0 Å². The zero-order valence-corrected chi connectivity index (χ0v) is 12.9. The third kappa shape index (κ3) is 4.42. The van der Waals surface area contributed by atoms with Gasteiger partial charge in [0.2, 0.25) is 5.90 Å². The number of halogens is 5. The summed E-state index contributed by atoms with van der Waals surface area (Å²) in [4.78, 5) is 0. The molecule has 0 heterocycles. The Kier molecular flexibility index (Phi) is 6.33. The molecule has 0 aliphatic heterocycles. The second kappa shape index (κ2) is 7.56. The van der Waals surface area contributed by atoms with Crippen molar-refractivity contribution in [2.75, 3.05) is 6.61 Å². The van der Waals surface area contributed by atoms with E-state index >= 15 is 0 Å². The first-order valence-corrected chi connectivity index (χ1v) is 6.85. The lowest BCUT2D eigenvalue weighted by atomic mass is 9.95. The summed E-state index contributed by atoms with van der Waals surface area (Å²) in [6.07, 6.45) is -4.63. The van der Waals surface area contributed by atoms with Crippen LogP contribution in [0.2, 0.25) is 10.0 Å². The third-order valence-electron chi connectivity index (χ3n) is 2.74. The van der Waals surface area contributed by atoms with E-state index in [1.807, 2.05) is 6.07 Å². The number of nitrogens with zero attached hydrogens (tertiary/aromatic N) is 2. The predicted octanol–water partition coefficient (Wildman–Crippen LogP) is 4.32. The van der Waals surface area contributed by atoms with Crippen molar-refractivity contribution in [2.45, 2.75) is 25.4 Å². The van der Waals surface area contributed by atoms with Gasteiger partial charge in [0.1, 0.15) is 0 Å². The number of hydrogen-bond donors (Lipinski definition) is 1. The Bertz CT molecular complexity index is 589. The average Bonchev–Trinajstić information content (AvgIpc) is 2.43. The molecule has 22 heavy (non-hydrogen) atoms. The molecule has 0 aliphatic carbocycles. The molecule has 0 spiro atoms. The molecule has 120 valence electrons. The quantitative estimate of drug-likeness (QED) is 0.379. The number of hydrazone groups is 1. The molecule has 4 nitrogen and oxygen atoms in total. The molecule has 1 rings (SSSR count). The smallest absolute Gasteiger partial charge is 0.416 e. The van der Waals surface area contributed by atoms with Crippen molar-refractivity contribution in [2.24, 2.45) is 10.9 Å². The van der Waals surface area contributed by atoms with Crippen molar-refractivity contribution in [3.8, 4) is 6.07 Å². The van der Waals surface area contributed by atoms with Crippen LogP contribution in [0.25, 0.3) is 0 Å². The molecule has 1 unspecified atom stereocenters. The van der Waals surface area contributed by atoms with Gasteiger partial charge in [-0.3, -0.25) is 0 Å². The summed E-state index contributed by atoms with van der Waals surface area (Å²) in [7, 11) is 0. The van der Waals surface area contributed by atoms with Gasteiger partial charge in [0.15, 0.2) is 0 Å². The molecular weight excluding hydrogens is 342 g/mol. The van der Waals surface area contributed by atoms with Crippen molar-refractivity contribution < 1.29 is 17.9 Å². The molecule has 0 aromatic heterocycles. The maximum absolute atomic E-state index is 12.7. The lowest BCUT2D eigenvalue weighted by Crippen LogP contribution is -2.13. The van der Waals surface area contributed by atoms with E-state index in [-0.39, 0.29) is 34.5 Å². The lowest BCUT2D eigenvalue weighted by molar-refractivity contribution is -0.137. The highest BCUT2D eigenvalue weighted by molar-refractivity contribution is 6.36. The Hall–Kier alpha value is -1.65. The minimum Gasteiger partial charge on any atom is -0.480 e. The number of nitrogens with two attached hydrogens (primary N) is 1. The summed E-state index contributed by atoms with van der Waals surface area (Å²) < 4.78 is 43.2. The monoisotopic (exact) mass is 353 g/mol. The van der Waals surface area contributed by atoms with Crippen LogP contribution in [-0.2, 0) is 10.9 Å². The maximum Gasteiger partial charge on any atom is 0.416 e. The van der Waals surface area contributed by atoms with Gasteiger partial charge in [-0.05, 0) is 19.1 Å². The molecule has 2 N–H and O–H groups in total. The molecule has 1 atom stereocenters. The molecule has 1 aromatic carbocycles. The average molecular weight is 354 g/mol. The SMILES string of the molecule is CCOC(CC(C#N)c1c(Cl)cc(C(F)(F)F)cc1Cl)=NN. The zero-order chi connectivity index (χ0) is 16.9. The van der Waals surface area contributed by atoms with Crippen LogP contribution in [0.5, 0.6) is 0 Å². The van der Waals surface area contributed by atoms with Crippen LogP contribution >= 0.6 is 23.2 Å². The molecule has 0 amide bonds. The number of alkyl halides is 3. The highest BCUT2D eigenvalue weighted by Gasteiger charge is 2.33. The molecule has 9 heteroatoms. The lowest BCUT2D eigenvalue weighted by Gasteiger charge is -2.16. The number of benzene rings is 1. The molecule has 0 fully saturated rings. The van der Waals surface area contributed by atoms with Crippen molar-refractivity contribution in [3.05, 3.63) is 33.3 Å². The van der Waals surface area contributed by atoms with E-state index in [2.05, 4.69) is 5.10 Å². The van der Waals surface area contributed by atoms with E-state index in [1.165, 1.54) is 0 Å². The zero-order valence-electron chi connectivity index (χ0n) is 11.4. The Labute approximate surface area is 135 Å². The summed E-state index contributed by atoms with van der Waals surface area (Å²) in [5.74, 6) is 4.29. The van der Waals surface area contributed by atoms with Gasteiger partial charge < -0.3 is 10.6 Å². The molecule has 0 saturated heterocycles. The fourth-order valence-corrected chi connectivity index (χ4v) is 2.53. The maximum atomic E-state index is 12.7. The second-order valence-electron chi connectivity index (χ2n) is 4.19. The standard InChI is InChI=1S/C13H12Cl2F3N3O/c1-2-22-11(21-20)3-7(6-19)12-9(14)4-8(5-10(12)15)13(16,17)18/h4-5,7H,2-3,20H2,1H3. The summed E-state index contributed by atoms with van der Waals surface area (Å²) in [5.41, 5.74) is -0.903. The van der Waals surface area contributed by atoms with Crippen LogP contribution in [0.3, 0.4) is 0 Å². The van der Waals surface area contributed by atoms with E-state index in [4.69, 9.17) is 33.8 Å². The highest BCUT2D eigenvalue weighted by atomic mass is 35.5. The fourth-order valence-electron chi connectivity index (χ4n) is 1.78. The van der Waals surface area contributed by atoms with Gasteiger partial charge in [-0.2, -0.15) is 18.4 Å². The molecular formula is C13H12Cl2F3N3O. The van der Waals surface area contributed by atoms with Gasteiger partial charge >= 0.3 is 6.18 Å². The number of rotatable bonds is 4. The fraction of sp³-hybridized carbons (Fsp3) is 0.385. The van der Waals surface area contributed by atoms with Crippen molar-refractivity contribution in [1.82, 2.24) is 0 Å². The Morgan fingerprint density at radius 3 is 2.32 bits per heavy atom. The van der Waals surface area contributed by atoms with Crippen LogP contribution in [-0.4, -0.2) is 12.5 Å². The van der Waals surface area contributed by atoms with E-state index in [9.17, 15) is 18.4 Å². The van der Waals surface area contributed by atoms with Crippen LogP contribution in [0.15, 0.2) is 17.2 Å². The van der Waals surface area contributed by atoms with Crippen molar-refractivity contribution in [1.29, 1.82) is 5.26 Å². The van der Waals surface area contributed by atoms with Crippen LogP contribution in [0.1, 0.15) is 30.4 Å². The van der Waals surface area contributed by atoms with Gasteiger partial charge in [-0.1, -0.05) is 23.2 Å². The summed E-state index contributed by atoms with van der Waals surface area (Å²) in [5, 5.41) is 12.1. The van der Waals surface area contributed by atoms with E-state index in [0.717, 1.165) is 12.1 Å². The first-order chi connectivity index (χ1) is 10.2. The minimum absolute atomic E-state index is 0.0500. The number of hydrogen-bond acceptors (Lipinski definition) is 4. The first-order valence-electron chi connectivity index (χ1n) is 6.09. The van der Waals surface area contributed by atoms with E-state index in [1.54, 1.807) is 6.92 Å². The van der Waals surface area contributed by atoms with Gasteiger partial charge in [-0.15, -0.1) is 5.10 Å². The molecule has 0 saturated carbocycles. The van der Waals surface area contributed by atoms with Crippen LogP contribution in [0.4, 0.5) is 13.2 Å². The summed E-state index contributed by atoms with van der Waals surface area (Å²) in [6, 6.07) is 3.37. The number of ether oxygens (including phenoxy) is 1. The normalized spacial score (nSPS) is 13.6. The Morgan fingerprint density at radius 2 is 1.95 bits per heavy atom. The van der Waals surface area contributed by atoms with Crippen molar-refractivity contribution in [3.63, 3.8) is 0 Å². The van der Waals surface area contributed by atoms with Gasteiger partial charge in [0.05, 0.1) is 24.2 Å². The molecule has 1 aromatic rings. The Balaban J connectivity index is 3.22. The molecule has 0 radical (unpaired) electrons. The third-order valence-corrected chi connectivity index (χ3v) is 3.37. The Morgan fingerprint density at radius 1 is 1.41 bits per heavy atom. The van der Waals surface area contributed by atoms with Crippen LogP contribution in [0, 0.1) is 11.3 Å². The number of nitriles is 1. The van der Waals surface area contributed by atoms with Crippen LogP contribution < -0.4 is 5.84 Å². The summed E-state index contributed by atoms with van der Waals surface area (Å²) >= 11 is 11.7. The molecule has 0 aliphatic rings. The second-order valence-corrected chi connectivity index (χ2v) is 5.01. The topological polar surface area (TPSA) is 71.4 Å². The first kappa shape index (κ1) is 18.4. The highest BCUT2D eigenvalue weighted by Crippen LogP contribution is 2.39.